The van der Waals surface area contributed by atoms with Crippen molar-refractivity contribution in [2.45, 2.75) is 32.5 Å². The Labute approximate surface area is 214 Å². The molecule has 7 nitrogen and oxygen atoms in total. The quantitative estimate of drug-likeness (QED) is 0.261. The number of nitrogens with one attached hydrogen (secondary N) is 2. The van der Waals surface area contributed by atoms with Gasteiger partial charge in [-0.05, 0) is 42.2 Å². The number of carbonyl (C=O) groups is 1. The number of amides is 1. The van der Waals surface area contributed by atoms with Gasteiger partial charge in [0.1, 0.15) is 0 Å². The molecule has 3 N–H and O–H groups in total. The van der Waals surface area contributed by atoms with Crippen LogP contribution in [-0.4, -0.2) is 73.2 Å². The van der Waals surface area contributed by atoms with Crippen LogP contribution in [0, 0.1) is 0 Å². The number of hydrogen-bond acceptors (Lipinski definition) is 4. The average Bonchev–Trinajstić information content (AvgIpc) is 2.80. The number of guanidine groups is 1. The summed E-state index contributed by atoms with van der Waals surface area (Å²) in [7, 11) is 3.49. The first-order valence-electron chi connectivity index (χ1n) is 11.3. The van der Waals surface area contributed by atoms with Crippen LogP contribution in [0.4, 0.5) is 0 Å². The lowest BCUT2D eigenvalue weighted by Gasteiger charge is -2.30. The topological polar surface area (TPSA) is 80.2 Å². The molecule has 0 aromatic heterocycles. The number of benzene rings is 2. The van der Waals surface area contributed by atoms with E-state index in [4.69, 9.17) is 0 Å². The molecule has 2 aromatic rings. The fraction of sp³-hybridized carbons (Fsp3) is 0.440. The lowest BCUT2D eigenvalue weighted by molar-refractivity contribution is 0.0827. The molecule has 8 heteroatoms. The molecule has 1 amide bonds. The van der Waals surface area contributed by atoms with E-state index in [-0.39, 0.29) is 29.9 Å². The Bertz CT molecular complexity index is 917. The third-order valence-corrected chi connectivity index (χ3v) is 5.55. The average molecular weight is 566 g/mol. The zero-order valence-corrected chi connectivity index (χ0v) is 22.1. The summed E-state index contributed by atoms with van der Waals surface area (Å²) < 4.78 is 0. The second-order valence-corrected chi connectivity index (χ2v) is 8.38. The van der Waals surface area contributed by atoms with Crippen LogP contribution in [0.5, 0.6) is 0 Å². The molecule has 1 heterocycles. The van der Waals surface area contributed by atoms with Gasteiger partial charge in [-0.1, -0.05) is 36.4 Å². The van der Waals surface area contributed by atoms with E-state index in [0.29, 0.717) is 31.2 Å². The number of carbonyl (C=O) groups excluding carboxylic acids is 1. The van der Waals surface area contributed by atoms with Crippen molar-refractivity contribution in [1.29, 1.82) is 0 Å². The summed E-state index contributed by atoms with van der Waals surface area (Å²) in [5, 5.41) is 17.0. The number of hydrogen-bond donors (Lipinski definition) is 3. The zero-order valence-electron chi connectivity index (χ0n) is 19.8. The molecule has 0 spiro atoms. The van der Waals surface area contributed by atoms with Gasteiger partial charge in [0.05, 0.1) is 12.6 Å². The van der Waals surface area contributed by atoms with E-state index >= 15 is 0 Å². The Morgan fingerprint density at radius 3 is 2.48 bits per heavy atom. The van der Waals surface area contributed by atoms with Crippen LogP contribution < -0.4 is 10.6 Å². The number of fused-ring (bicyclic) bond motifs is 1. The predicted octanol–water partition coefficient (Wildman–Crippen LogP) is 2.48. The van der Waals surface area contributed by atoms with Gasteiger partial charge in [-0.3, -0.25) is 9.69 Å². The van der Waals surface area contributed by atoms with Crippen molar-refractivity contribution in [1.82, 2.24) is 20.4 Å². The van der Waals surface area contributed by atoms with Gasteiger partial charge in [0.2, 0.25) is 0 Å². The molecule has 1 atom stereocenters. The molecule has 0 saturated carbocycles. The van der Waals surface area contributed by atoms with Crippen molar-refractivity contribution >= 4 is 35.8 Å². The number of aliphatic imine (C=N–C) groups is 1. The first-order chi connectivity index (χ1) is 15.5. The third kappa shape index (κ3) is 8.28. The minimum absolute atomic E-state index is 0. The van der Waals surface area contributed by atoms with Gasteiger partial charge in [0, 0.05) is 52.4 Å². The maximum Gasteiger partial charge on any atom is 0.253 e. The highest BCUT2D eigenvalue weighted by Crippen LogP contribution is 2.18. The maximum absolute atomic E-state index is 12.0. The summed E-state index contributed by atoms with van der Waals surface area (Å²) in [5.74, 6) is 0.658. The molecule has 180 valence electrons. The summed E-state index contributed by atoms with van der Waals surface area (Å²) in [6.07, 6.45) is 0.541. The highest BCUT2D eigenvalue weighted by Gasteiger charge is 2.18. The van der Waals surface area contributed by atoms with Gasteiger partial charge in [0.25, 0.3) is 5.91 Å². The number of aliphatic hydroxyl groups excluding tert-OH is 1. The van der Waals surface area contributed by atoms with Crippen LogP contribution in [0.2, 0.25) is 0 Å². The zero-order chi connectivity index (χ0) is 22.9. The molecule has 0 saturated heterocycles. The number of β-amino-alcohol motifs (C(OH)–C–C–N with tert-alkyl or cyclic N) is 1. The fourth-order valence-electron chi connectivity index (χ4n) is 3.81. The molecule has 3 rings (SSSR count). The standard InChI is InChI=1S/C25H35N5O2.HI/c1-4-26-25(27-15-19-9-11-21(12-10-19)24(32)29(2)3)28-16-23(31)18-30-14-13-20-7-5-6-8-22(20)17-30;/h5-12,23,31H,4,13-18H2,1-3H3,(H2,26,27,28);1H. The minimum atomic E-state index is -0.486. The molecule has 1 aliphatic heterocycles. The minimum Gasteiger partial charge on any atom is -0.390 e. The molecule has 0 radical (unpaired) electrons. The first kappa shape index (κ1) is 27.1. The van der Waals surface area contributed by atoms with Crippen molar-refractivity contribution in [3.05, 3.63) is 70.8 Å². The van der Waals surface area contributed by atoms with E-state index in [2.05, 4.69) is 44.8 Å². The molecule has 33 heavy (non-hydrogen) atoms. The number of nitrogens with zero attached hydrogens (tertiary/aromatic N) is 3. The summed E-state index contributed by atoms with van der Waals surface area (Å²) in [5.41, 5.74) is 4.45. The number of halogens is 1. The van der Waals surface area contributed by atoms with Crippen LogP contribution in [0.25, 0.3) is 0 Å². The van der Waals surface area contributed by atoms with Gasteiger partial charge in [0.15, 0.2) is 5.96 Å². The Hall–Kier alpha value is -2.17. The molecule has 1 unspecified atom stereocenters. The molecule has 2 aromatic carbocycles. The van der Waals surface area contributed by atoms with E-state index in [1.807, 2.05) is 31.2 Å². The molecule has 0 fully saturated rings. The van der Waals surface area contributed by atoms with Gasteiger partial charge in [-0.2, -0.15) is 0 Å². The third-order valence-electron chi connectivity index (χ3n) is 5.55. The van der Waals surface area contributed by atoms with E-state index in [9.17, 15) is 9.90 Å². The summed E-state index contributed by atoms with van der Waals surface area (Å²) in [6, 6.07) is 16.0. The SMILES string of the molecule is CCNC(=NCc1ccc(C(=O)N(C)C)cc1)NCC(O)CN1CCc2ccccc2C1.I. The van der Waals surface area contributed by atoms with E-state index in [1.54, 1.807) is 19.0 Å². The second kappa shape index (κ2) is 13.5. The maximum atomic E-state index is 12.0. The summed E-state index contributed by atoms with van der Waals surface area (Å²) in [4.78, 5) is 20.5. The lowest BCUT2D eigenvalue weighted by atomic mass is 10.00. The van der Waals surface area contributed by atoms with Crippen LogP contribution in [0.15, 0.2) is 53.5 Å². The Morgan fingerprint density at radius 1 is 1.12 bits per heavy atom. The molecule has 0 bridgehead atoms. The van der Waals surface area contributed by atoms with Gasteiger partial charge < -0.3 is 20.6 Å². The van der Waals surface area contributed by atoms with Crippen LogP contribution >= 0.6 is 24.0 Å². The molecule has 0 aliphatic carbocycles. The van der Waals surface area contributed by atoms with Crippen molar-refractivity contribution < 1.29 is 9.90 Å². The molecular formula is C25H36IN5O2. The monoisotopic (exact) mass is 565 g/mol. The van der Waals surface area contributed by atoms with Gasteiger partial charge >= 0.3 is 0 Å². The van der Waals surface area contributed by atoms with Crippen molar-refractivity contribution in [2.24, 2.45) is 4.99 Å². The normalized spacial score (nSPS) is 14.6. The smallest absolute Gasteiger partial charge is 0.253 e. The van der Waals surface area contributed by atoms with E-state index < -0.39 is 6.10 Å². The predicted molar refractivity (Wildman–Crippen MR) is 144 cm³/mol. The molecular weight excluding hydrogens is 529 g/mol. The van der Waals surface area contributed by atoms with E-state index in [1.165, 1.54) is 11.1 Å². The van der Waals surface area contributed by atoms with Crippen LogP contribution in [-0.2, 0) is 19.5 Å². The summed E-state index contributed by atoms with van der Waals surface area (Å²) in [6.45, 7) is 6.15. The lowest BCUT2D eigenvalue weighted by Crippen LogP contribution is -2.45. The van der Waals surface area contributed by atoms with E-state index in [0.717, 1.165) is 31.6 Å². The highest BCUT2D eigenvalue weighted by molar-refractivity contribution is 14.0. The first-order valence-corrected chi connectivity index (χ1v) is 11.3. The second-order valence-electron chi connectivity index (χ2n) is 8.38. The Morgan fingerprint density at radius 2 is 1.82 bits per heavy atom. The number of aliphatic hydroxyl groups is 1. The van der Waals surface area contributed by atoms with Crippen LogP contribution in [0.1, 0.15) is 34.0 Å². The Kier molecular flexibility index (Phi) is 11.1. The highest BCUT2D eigenvalue weighted by atomic mass is 127. The Balaban J connectivity index is 0.00000385. The fourth-order valence-corrected chi connectivity index (χ4v) is 3.81. The van der Waals surface area contributed by atoms with Crippen LogP contribution in [0.3, 0.4) is 0 Å². The summed E-state index contributed by atoms with van der Waals surface area (Å²) >= 11 is 0. The van der Waals surface area contributed by atoms with Crippen molar-refractivity contribution in [3.63, 3.8) is 0 Å². The largest absolute Gasteiger partial charge is 0.390 e. The number of rotatable bonds is 8. The van der Waals surface area contributed by atoms with Gasteiger partial charge in [-0.15, -0.1) is 24.0 Å². The van der Waals surface area contributed by atoms with Crippen molar-refractivity contribution in [3.8, 4) is 0 Å². The molecule has 1 aliphatic rings. The van der Waals surface area contributed by atoms with Gasteiger partial charge in [-0.25, -0.2) is 4.99 Å². The van der Waals surface area contributed by atoms with Crippen molar-refractivity contribution in [2.75, 3.05) is 40.3 Å².